The minimum atomic E-state index is 0.0547. The van der Waals surface area contributed by atoms with E-state index in [0.717, 1.165) is 25.5 Å². The zero-order chi connectivity index (χ0) is 10.0. The second kappa shape index (κ2) is 3.58. The van der Waals surface area contributed by atoms with E-state index >= 15 is 0 Å². The topological polar surface area (TPSA) is 34.2 Å². The first kappa shape index (κ1) is 9.46. The second-order valence-electron chi connectivity index (χ2n) is 4.16. The molecule has 3 nitrogen and oxygen atoms in total. The molecule has 1 aromatic heterocycles. The molecule has 76 valence electrons. The lowest BCUT2D eigenvalue weighted by molar-refractivity contribution is 0.185. The van der Waals surface area contributed by atoms with Crippen LogP contribution >= 0.6 is 0 Å². The zero-order valence-corrected chi connectivity index (χ0v) is 8.71. The Balaban J connectivity index is 2.14. The number of aryl methyl sites for hydroxylation is 1. The highest BCUT2D eigenvalue weighted by Crippen LogP contribution is 2.23. The van der Waals surface area contributed by atoms with Gasteiger partial charge in [0, 0.05) is 12.8 Å². The van der Waals surface area contributed by atoms with Crippen LogP contribution in [0.1, 0.15) is 18.9 Å². The highest BCUT2D eigenvalue weighted by Gasteiger charge is 2.29. The van der Waals surface area contributed by atoms with E-state index in [-0.39, 0.29) is 5.54 Å². The SMILES string of the molecule is Cc1cccnc1NC1(C)CCOC1. The summed E-state index contributed by atoms with van der Waals surface area (Å²) in [4.78, 5) is 4.32. The summed E-state index contributed by atoms with van der Waals surface area (Å²) in [6.07, 6.45) is 2.86. The molecule has 2 rings (SSSR count). The minimum Gasteiger partial charge on any atom is -0.379 e. The molecule has 0 aliphatic carbocycles. The molecule has 0 saturated carbocycles. The van der Waals surface area contributed by atoms with Gasteiger partial charge in [0.05, 0.1) is 12.1 Å². The third-order valence-electron chi connectivity index (χ3n) is 2.65. The maximum atomic E-state index is 5.38. The van der Waals surface area contributed by atoms with Crippen molar-refractivity contribution in [3.63, 3.8) is 0 Å². The van der Waals surface area contributed by atoms with Crippen LogP contribution in [0.3, 0.4) is 0 Å². The van der Waals surface area contributed by atoms with E-state index in [9.17, 15) is 0 Å². The van der Waals surface area contributed by atoms with Gasteiger partial charge in [0.1, 0.15) is 5.82 Å². The molecule has 1 saturated heterocycles. The maximum Gasteiger partial charge on any atom is 0.129 e. The van der Waals surface area contributed by atoms with Crippen LogP contribution < -0.4 is 5.32 Å². The van der Waals surface area contributed by atoms with E-state index in [4.69, 9.17) is 4.74 Å². The molecule has 0 spiro atoms. The minimum absolute atomic E-state index is 0.0547. The first-order valence-corrected chi connectivity index (χ1v) is 4.97. The number of pyridine rings is 1. The molecule has 0 amide bonds. The summed E-state index contributed by atoms with van der Waals surface area (Å²) in [7, 11) is 0. The van der Waals surface area contributed by atoms with Gasteiger partial charge in [-0.2, -0.15) is 0 Å². The number of ether oxygens (including phenoxy) is 1. The zero-order valence-electron chi connectivity index (χ0n) is 8.71. The predicted octanol–water partition coefficient (Wildman–Crippen LogP) is 1.98. The van der Waals surface area contributed by atoms with E-state index in [1.165, 1.54) is 5.56 Å². The van der Waals surface area contributed by atoms with Crippen LogP contribution in [-0.2, 0) is 4.74 Å². The summed E-state index contributed by atoms with van der Waals surface area (Å²) in [5, 5.41) is 3.45. The Morgan fingerprint density at radius 2 is 2.43 bits per heavy atom. The molecule has 1 atom stereocenters. The Bertz CT molecular complexity index is 319. The third kappa shape index (κ3) is 1.87. The molecular weight excluding hydrogens is 176 g/mol. The fourth-order valence-corrected chi connectivity index (χ4v) is 1.67. The van der Waals surface area contributed by atoms with Crippen molar-refractivity contribution in [2.45, 2.75) is 25.8 Å². The lowest BCUT2D eigenvalue weighted by Crippen LogP contribution is -2.35. The number of hydrogen-bond acceptors (Lipinski definition) is 3. The summed E-state index contributed by atoms with van der Waals surface area (Å²) in [6.45, 7) is 5.85. The van der Waals surface area contributed by atoms with E-state index in [1.807, 2.05) is 12.3 Å². The lowest BCUT2D eigenvalue weighted by Gasteiger charge is -2.25. The molecule has 1 N–H and O–H groups in total. The molecule has 2 heterocycles. The van der Waals surface area contributed by atoms with Gasteiger partial charge in [-0.05, 0) is 31.9 Å². The molecule has 1 aliphatic rings. The summed E-state index contributed by atoms with van der Waals surface area (Å²) < 4.78 is 5.38. The van der Waals surface area contributed by atoms with Gasteiger partial charge in [0.25, 0.3) is 0 Å². The van der Waals surface area contributed by atoms with Gasteiger partial charge in [0.15, 0.2) is 0 Å². The molecule has 1 aromatic rings. The number of anilines is 1. The molecule has 14 heavy (non-hydrogen) atoms. The van der Waals surface area contributed by atoms with Gasteiger partial charge in [-0.3, -0.25) is 0 Å². The van der Waals surface area contributed by atoms with Crippen LogP contribution in [0, 0.1) is 6.92 Å². The second-order valence-corrected chi connectivity index (χ2v) is 4.16. The number of hydrogen-bond donors (Lipinski definition) is 1. The van der Waals surface area contributed by atoms with Crippen LogP contribution in [-0.4, -0.2) is 23.7 Å². The Labute approximate surface area is 84.5 Å². The Morgan fingerprint density at radius 3 is 3.07 bits per heavy atom. The van der Waals surface area contributed by atoms with Gasteiger partial charge in [-0.1, -0.05) is 6.07 Å². The Hall–Kier alpha value is -1.09. The van der Waals surface area contributed by atoms with Gasteiger partial charge < -0.3 is 10.1 Å². The quantitative estimate of drug-likeness (QED) is 0.778. The Kier molecular flexibility index (Phi) is 2.42. The van der Waals surface area contributed by atoms with Crippen molar-refractivity contribution in [2.24, 2.45) is 0 Å². The summed E-state index contributed by atoms with van der Waals surface area (Å²) >= 11 is 0. The summed E-state index contributed by atoms with van der Waals surface area (Å²) in [5.41, 5.74) is 1.24. The van der Waals surface area contributed by atoms with Crippen molar-refractivity contribution in [2.75, 3.05) is 18.5 Å². The van der Waals surface area contributed by atoms with Crippen molar-refractivity contribution < 1.29 is 4.74 Å². The highest BCUT2D eigenvalue weighted by molar-refractivity contribution is 5.45. The van der Waals surface area contributed by atoms with Gasteiger partial charge in [-0.25, -0.2) is 4.98 Å². The molecule has 0 radical (unpaired) electrons. The average molecular weight is 192 g/mol. The normalized spacial score (nSPS) is 26.4. The largest absolute Gasteiger partial charge is 0.379 e. The molecular formula is C11H16N2O. The predicted molar refractivity (Wildman–Crippen MR) is 56.4 cm³/mol. The summed E-state index contributed by atoms with van der Waals surface area (Å²) in [5.74, 6) is 0.973. The maximum absolute atomic E-state index is 5.38. The van der Waals surface area contributed by atoms with E-state index < -0.39 is 0 Å². The van der Waals surface area contributed by atoms with Crippen LogP contribution in [0.15, 0.2) is 18.3 Å². The van der Waals surface area contributed by atoms with E-state index in [2.05, 4.69) is 30.2 Å². The van der Waals surface area contributed by atoms with Gasteiger partial charge in [0.2, 0.25) is 0 Å². The molecule has 1 unspecified atom stereocenters. The van der Waals surface area contributed by atoms with Gasteiger partial charge >= 0.3 is 0 Å². The number of rotatable bonds is 2. The highest BCUT2D eigenvalue weighted by atomic mass is 16.5. The first-order chi connectivity index (χ1) is 6.70. The lowest BCUT2D eigenvalue weighted by atomic mass is 10.0. The third-order valence-corrected chi connectivity index (χ3v) is 2.65. The number of nitrogens with zero attached hydrogens (tertiary/aromatic N) is 1. The number of nitrogens with one attached hydrogen (secondary N) is 1. The molecule has 1 aliphatic heterocycles. The van der Waals surface area contributed by atoms with Crippen molar-refractivity contribution in [3.8, 4) is 0 Å². The molecule has 0 bridgehead atoms. The van der Waals surface area contributed by atoms with Crippen LogP contribution in [0.5, 0.6) is 0 Å². The Morgan fingerprint density at radius 1 is 1.57 bits per heavy atom. The molecule has 3 heteroatoms. The first-order valence-electron chi connectivity index (χ1n) is 4.97. The smallest absolute Gasteiger partial charge is 0.129 e. The van der Waals surface area contributed by atoms with Crippen molar-refractivity contribution in [3.05, 3.63) is 23.9 Å². The number of aromatic nitrogens is 1. The fraction of sp³-hybridized carbons (Fsp3) is 0.545. The standard InChI is InChI=1S/C11H16N2O/c1-9-4-3-6-12-10(9)13-11(2)5-7-14-8-11/h3-4,6H,5,7-8H2,1-2H3,(H,12,13). The summed E-state index contributed by atoms with van der Waals surface area (Å²) in [6, 6.07) is 4.02. The van der Waals surface area contributed by atoms with E-state index in [1.54, 1.807) is 0 Å². The van der Waals surface area contributed by atoms with Crippen molar-refractivity contribution >= 4 is 5.82 Å². The van der Waals surface area contributed by atoms with Crippen LogP contribution in [0.4, 0.5) is 5.82 Å². The molecule has 0 aromatic carbocycles. The van der Waals surface area contributed by atoms with Crippen molar-refractivity contribution in [1.82, 2.24) is 4.98 Å². The van der Waals surface area contributed by atoms with Gasteiger partial charge in [-0.15, -0.1) is 0 Å². The van der Waals surface area contributed by atoms with Crippen molar-refractivity contribution in [1.29, 1.82) is 0 Å². The molecule has 1 fully saturated rings. The van der Waals surface area contributed by atoms with E-state index in [0.29, 0.717) is 0 Å². The monoisotopic (exact) mass is 192 g/mol. The van der Waals surface area contributed by atoms with Crippen LogP contribution in [0.25, 0.3) is 0 Å². The van der Waals surface area contributed by atoms with Crippen LogP contribution in [0.2, 0.25) is 0 Å². The fourth-order valence-electron chi connectivity index (χ4n) is 1.67. The average Bonchev–Trinajstić information content (AvgIpc) is 2.57.